The number of hydrogen-bond donors (Lipinski definition) is 2. The second-order valence-corrected chi connectivity index (χ2v) is 6.77. The van der Waals surface area contributed by atoms with Gasteiger partial charge in [-0.1, -0.05) is 26.0 Å². The summed E-state index contributed by atoms with van der Waals surface area (Å²) in [4.78, 5) is 28.9. The van der Waals surface area contributed by atoms with Gasteiger partial charge in [0.2, 0.25) is 11.8 Å². The number of carbonyl (C=O) groups excluding carboxylic acids is 2. The Morgan fingerprint density at radius 1 is 1.25 bits per heavy atom. The summed E-state index contributed by atoms with van der Waals surface area (Å²) >= 11 is 0. The molecule has 0 radical (unpaired) electrons. The molecule has 0 aliphatic heterocycles. The molecule has 1 atom stereocenters. The van der Waals surface area contributed by atoms with Crippen LogP contribution >= 0.6 is 0 Å². The van der Waals surface area contributed by atoms with E-state index in [1.54, 1.807) is 0 Å². The lowest BCUT2D eigenvalue weighted by Crippen LogP contribution is -2.34. The van der Waals surface area contributed by atoms with Crippen molar-refractivity contribution in [3.8, 4) is 0 Å². The number of benzene rings is 1. The number of aromatic nitrogens is 2. The predicted molar refractivity (Wildman–Crippen MR) is 92.3 cm³/mol. The zero-order valence-corrected chi connectivity index (χ0v) is 14.4. The Hall–Kier alpha value is -2.37. The molecule has 0 bridgehead atoms. The number of carbonyl (C=O) groups is 2. The molecule has 2 amide bonds. The van der Waals surface area contributed by atoms with Crippen molar-refractivity contribution >= 4 is 22.8 Å². The van der Waals surface area contributed by atoms with E-state index in [1.807, 2.05) is 49.6 Å². The van der Waals surface area contributed by atoms with Crippen molar-refractivity contribution < 1.29 is 9.59 Å². The van der Waals surface area contributed by atoms with E-state index in [4.69, 9.17) is 0 Å². The van der Waals surface area contributed by atoms with Gasteiger partial charge in [0.25, 0.3) is 0 Å². The van der Waals surface area contributed by atoms with Crippen molar-refractivity contribution in [2.45, 2.75) is 52.2 Å². The fourth-order valence-electron chi connectivity index (χ4n) is 2.68. The van der Waals surface area contributed by atoms with Gasteiger partial charge in [0.05, 0.1) is 17.1 Å². The highest BCUT2D eigenvalue weighted by Gasteiger charge is 2.25. The van der Waals surface area contributed by atoms with E-state index in [1.165, 1.54) is 0 Å². The molecule has 1 aliphatic rings. The summed E-state index contributed by atoms with van der Waals surface area (Å²) in [5, 5.41) is 5.98. The van der Waals surface area contributed by atoms with E-state index in [-0.39, 0.29) is 30.3 Å². The van der Waals surface area contributed by atoms with Gasteiger partial charge in [-0.05, 0) is 31.9 Å². The lowest BCUT2D eigenvalue weighted by atomic mass is 10.2. The molecule has 0 saturated heterocycles. The molecule has 1 fully saturated rings. The normalized spacial score (nSPS) is 15.5. The summed E-state index contributed by atoms with van der Waals surface area (Å²) in [5.41, 5.74) is 1.74. The number of para-hydroxylation sites is 2. The molecule has 6 nitrogen and oxygen atoms in total. The number of imidazole rings is 1. The van der Waals surface area contributed by atoms with E-state index >= 15 is 0 Å². The van der Waals surface area contributed by atoms with Gasteiger partial charge < -0.3 is 15.2 Å². The predicted octanol–water partition coefficient (Wildman–Crippen LogP) is 2.15. The lowest BCUT2D eigenvalue weighted by Gasteiger charge is -2.17. The van der Waals surface area contributed by atoms with Crippen LogP contribution in [-0.2, 0) is 16.1 Å². The second kappa shape index (κ2) is 6.63. The van der Waals surface area contributed by atoms with Crippen molar-refractivity contribution in [1.29, 1.82) is 0 Å². The molecule has 2 aromatic rings. The topological polar surface area (TPSA) is 76.0 Å². The molecule has 1 aliphatic carbocycles. The summed E-state index contributed by atoms with van der Waals surface area (Å²) in [6.45, 7) is 5.83. The summed E-state index contributed by atoms with van der Waals surface area (Å²) < 4.78 is 1.90. The number of nitrogens with one attached hydrogen (secondary N) is 2. The monoisotopic (exact) mass is 328 g/mol. The van der Waals surface area contributed by atoms with Crippen LogP contribution in [0, 0.1) is 5.92 Å². The van der Waals surface area contributed by atoms with Crippen LogP contribution in [-0.4, -0.2) is 27.4 Å². The van der Waals surface area contributed by atoms with Crippen molar-refractivity contribution in [3.05, 3.63) is 30.1 Å². The number of amides is 2. The Bertz CT molecular complexity index is 761. The molecule has 24 heavy (non-hydrogen) atoms. The molecule has 1 aromatic carbocycles. The Balaban J connectivity index is 1.88. The van der Waals surface area contributed by atoms with Crippen LogP contribution in [0.4, 0.5) is 0 Å². The third kappa shape index (κ3) is 3.58. The Morgan fingerprint density at radius 3 is 2.62 bits per heavy atom. The zero-order valence-electron chi connectivity index (χ0n) is 14.4. The minimum absolute atomic E-state index is 0.00992. The first-order valence-corrected chi connectivity index (χ1v) is 8.50. The number of hydrogen-bond acceptors (Lipinski definition) is 3. The van der Waals surface area contributed by atoms with E-state index in [2.05, 4.69) is 15.6 Å². The van der Waals surface area contributed by atoms with Gasteiger partial charge in [-0.3, -0.25) is 9.59 Å². The minimum Gasteiger partial charge on any atom is -0.352 e. The second-order valence-electron chi connectivity index (χ2n) is 6.77. The first kappa shape index (κ1) is 16.5. The van der Waals surface area contributed by atoms with Crippen LogP contribution in [0.25, 0.3) is 11.0 Å². The number of rotatable bonds is 6. The van der Waals surface area contributed by atoms with Gasteiger partial charge in [0.15, 0.2) is 0 Å². The minimum atomic E-state index is -0.263. The molecule has 1 saturated carbocycles. The highest BCUT2D eigenvalue weighted by atomic mass is 16.2. The largest absolute Gasteiger partial charge is 0.352 e. The van der Waals surface area contributed by atoms with Crippen molar-refractivity contribution in [2.75, 3.05) is 0 Å². The fourth-order valence-corrected chi connectivity index (χ4v) is 2.68. The third-order valence-electron chi connectivity index (χ3n) is 4.20. The maximum atomic E-state index is 12.3. The number of nitrogens with zero attached hydrogens (tertiary/aromatic N) is 2. The summed E-state index contributed by atoms with van der Waals surface area (Å²) in [6, 6.07) is 7.79. The van der Waals surface area contributed by atoms with E-state index in [0.29, 0.717) is 11.9 Å². The summed E-state index contributed by atoms with van der Waals surface area (Å²) in [7, 11) is 0. The first-order valence-electron chi connectivity index (χ1n) is 8.50. The Labute approximate surface area is 141 Å². The molecule has 2 N–H and O–H groups in total. The average Bonchev–Trinajstić information content (AvgIpc) is 3.27. The standard InChI is InChI=1S/C18H24N4O2/c1-11(2)18(24)19-12(3)17-21-14-6-4-5-7-15(14)22(17)10-16(23)20-13-8-9-13/h4-7,11-13H,8-10H2,1-3H3,(H,19,24)(H,20,23). The zero-order chi connectivity index (χ0) is 17.3. The van der Waals surface area contributed by atoms with Gasteiger partial charge in [0, 0.05) is 12.0 Å². The van der Waals surface area contributed by atoms with Gasteiger partial charge in [-0.2, -0.15) is 0 Å². The van der Waals surface area contributed by atoms with Crippen LogP contribution in [0.1, 0.15) is 45.5 Å². The molecule has 1 heterocycles. The first-order chi connectivity index (χ1) is 11.5. The van der Waals surface area contributed by atoms with E-state index in [9.17, 15) is 9.59 Å². The fraction of sp³-hybridized carbons (Fsp3) is 0.500. The SMILES string of the molecule is CC(C)C(=O)NC(C)c1nc2ccccc2n1CC(=O)NC1CC1. The van der Waals surface area contributed by atoms with E-state index in [0.717, 1.165) is 23.9 Å². The van der Waals surface area contributed by atoms with Crippen molar-refractivity contribution in [3.63, 3.8) is 0 Å². The van der Waals surface area contributed by atoms with Crippen LogP contribution in [0.15, 0.2) is 24.3 Å². The Morgan fingerprint density at radius 2 is 1.96 bits per heavy atom. The average molecular weight is 328 g/mol. The highest BCUT2D eigenvalue weighted by Crippen LogP contribution is 2.22. The quantitative estimate of drug-likeness (QED) is 0.853. The molecule has 1 aromatic heterocycles. The van der Waals surface area contributed by atoms with Gasteiger partial charge in [0.1, 0.15) is 12.4 Å². The lowest BCUT2D eigenvalue weighted by molar-refractivity contribution is -0.124. The molecule has 6 heteroatoms. The molecule has 128 valence electrons. The molecule has 0 spiro atoms. The van der Waals surface area contributed by atoms with Crippen molar-refractivity contribution in [2.24, 2.45) is 5.92 Å². The Kier molecular flexibility index (Phi) is 4.55. The molecular weight excluding hydrogens is 304 g/mol. The van der Waals surface area contributed by atoms with Gasteiger partial charge in [-0.25, -0.2) is 4.98 Å². The van der Waals surface area contributed by atoms with Crippen LogP contribution in [0.5, 0.6) is 0 Å². The third-order valence-corrected chi connectivity index (χ3v) is 4.20. The maximum absolute atomic E-state index is 12.3. The molecular formula is C18H24N4O2. The van der Waals surface area contributed by atoms with Crippen LogP contribution in [0.3, 0.4) is 0 Å². The number of fused-ring (bicyclic) bond motifs is 1. The highest BCUT2D eigenvalue weighted by molar-refractivity contribution is 5.82. The smallest absolute Gasteiger partial charge is 0.240 e. The van der Waals surface area contributed by atoms with E-state index < -0.39 is 0 Å². The van der Waals surface area contributed by atoms with Gasteiger partial charge in [-0.15, -0.1) is 0 Å². The van der Waals surface area contributed by atoms with Crippen molar-refractivity contribution in [1.82, 2.24) is 20.2 Å². The van der Waals surface area contributed by atoms with Crippen LogP contribution in [0.2, 0.25) is 0 Å². The van der Waals surface area contributed by atoms with Crippen LogP contribution < -0.4 is 10.6 Å². The summed E-state index contributed by atoms with van der Waals surface area (Å²) in [5.74, 6) is 0.576. The summed E-state index contributed by atoms with van der Waals surface area (Å²) in [6.07, 6.45) is 2.12. The maximum Gasteiger partial charge on any atom is 0.240 e. The molecule has 3 rings (SSSR count). The van der Waals surface area contributed by atoms with Gasteiger partial charge >= 0.3 is 0 Å². The molecule has 1 unspecified atom stereocenters.